The third-order valence-electron chi connectivity index (χ3n) is 6.19. The Morgan fingerprint density at radius 2 is 1.76 bits per heavy atom. The lowest BCUT2D eigenvalue weighted by Crippen LogP contribution is -2.51. The van der Waals surface area contributed by atoms with Gasteiger partial charge in [0.1, 0.15) is 5.60 Å². The Bertz CT molecular complexity index is 1180. The van der Waals surface area contributed by atoms with Gasteiger partial charge in [-0.25, -0.2) is 0 Å². The fourth-order valence-electron chi connectivity index (χ4n) is 3.98. The third-order valence-corrected chi connectivity index (χ3v) is 7.21. The maximum atomic E-state index is 13.3. The molecule has 2 heterocycles. The van der Waals surface area contributed by atoms with Gasteiger partial charge in [0, 0.05) is 10.4 Å². The normalized spacial score (nSPS) is 19.7. The van der Waals surface area contributed by atoms with Gasteiger partial charge in [-0.15, -0.1) is 11.3 Å². The van der Waals surface area contributed by atoms with Crippen molar-refractivity contribution in [3.8, 4) is 0 Å². The average molecular weight is 478 g/mol. The van der Waals surface area contributed by atoms with E-state index in [0.717, 1.165) is 16.5 Å². The van der Waals surface area contributed by atoms with Crippen molar-refractivity contribution in [2.45, 2.75) is 50.4 Å². The zero-order chi connectivity index (χ0) is 24.3. The summed E-state index contributed by atoms with van der Waals surface area (Å²) in [7, 11) is 0. The van der Waals surface area contributed by atoms with E-state index in [1.165, 1.54) is 4.70 Å². The van der Waals surface area contributed by atoms with Gasteiger partial charge in [0.15, 0.2) is 5.78 Å². The van der Waals surface area contributed by atoms with E-state index in [0.29, 0.717) is 25.1 Å². The highest BCUT2D eigenvalue weighted by atomic mass is 32.1. The minimum absolute atomic E-state index is 0.0178. The first-order valence-corrected chi connectivity index (χ1v) is 12.3. The van der Waals surface area contributed by atoms with Gasteiger partial charge in [-0.1, -0.05) is 55.1 Å². The Labute approximate surface area is 204 Å². The van der Waals surface area contributed by atoms with E-state index in [2.05, 4.69) is 34.7 Å². The molecule has 6 nitrogen and oxygen atoms in total. The second-order valence-electron chi connectivity index (χ2n) is 9.11. The second kappa shape index (κ2) is 10.1. The summed E-state index contributed by atoms with van der Waals surface area (Å²) in [5.41, 5.74) is 7.78. The molecule has 7 heteroatoms. The molecule has 4 N–H and O–H groups in total. The molecule has 0 aliphatic carbocycles. The maximum absolute atomic E-state index is 13.3. The highest BCUT2D eigenvalue weighted by Gasteiger charge is 2.49. The molecule has 34 heavy (non-hydrogen) atoms. The predicted molar refractivity (Wildman–Crippen MR) is 137 cm³/mol. The third kappa shape index (κ3) is 5.55. The highest BCUT2D eigenvalue weighted by molar-refractivity contribution is 7.17. The lowest BCUT2D eigenvalue weighted by Gasteiger charge is -2.28. The van der Waals surface area contributed by atoms with Crippen molar-refractivity contribution in [2.24, 2.45) is 5.73 Å². The topological polar surface area (TPSA) is 96.8 Å². The molecule has 4 atom stereocenters. The van der Waals surface area contributed by atoms with Crippen molar-refractivity contribution in [3.05, 3.63) is 83.4 Å². The molecule has 4 rings (SSSR count). The van der Waals surface area contributed by atoms with Crippen molar-refractivity contribution in [1.82, 2.24) is 10.6 Å². The molecule has 1 saturated heterocycles. The lowest BCUT2D eigenvalue weighted by atomic mass is 9.93. The summed E-state index contributed by atoms with van der Waals surface area (Å²) in [5, 5.41) is 9.61. The molecule has 0 bridgehead atoms. The van der Waals surface area contributed by atoms with Crippen LogP contribution >= 0.6 is 11.3 Å². The number of rotatable bonds is 11. The number of amides is 1. The molecule has 1 fully saturated rings. The zero-order valence-electron chi connectivity index (χ0n) is 19.5. The largest absolute Gasteiger partial charge is 0.377 e. The fraction of sp³-hybridized carbons (Fsp3) is 0.333. The SMILES string of the molecule is C=C(NC(Cc1ccccc1)C(=O)C1(C)CO1)[C@H](Cc1csc2ccccc12)NC(=O)C(C)N. The maximum Gasteiger partial charge on any atom is 0.237 e. The number of carbonyl (C=O) groups is 2. The molecule has 1 aliphatic rings. The Kier molecular flexibility index (Phi) is 7.16. The number of hydrogen-bond donors (Lipinski definition) is 3. The number of nitrogens with one attached hydrogen (secondary N) is 2. The van der Waals surface area contributed by atoms with Crippen LogP contribution in [-0.2, 0) is 27.2 Å². The molecular weight excluding hydrogens is 446 g/mol. The van der Waals surface area contributed by atoms with Crippen molar-refractivity contribution in [3.63, 3.8) is 0 Å². The molecular formula is C27H31N3O3S. The quantitative estimate of drug-likeness (QED) is 0.368. The van der Waals surface area contributed by atoms with Crippen LogP contribution in [0.2, 0.25) is 0 Å². The number of epoxide rings is 1. The van der Waals surface area contributed by atoms with E-state index in [1.807, 2.05) is 49.4 Å². The van der Waals surface area contributed by atoms with Crippen molar-refractivity contribution < 1.29 is 14.3 Å². The number of ketones is 1. The molecule has 3 unspecified atom stereocenters. The predicted octanol–water partition coefficient (Wildman–Crippen LogP) is 3.35. The molecule has 0 spiro atoms. The van der Waals surface area contributed by atoms with Crippen LogP contribution in [0.4, 0.5) is 0 Å². The average Bonchev–Trinajstić information content (AvgIpc) is 3.46. The Hall–Kier alpha value is -3.00. The molecule has 1 amide bonds. The molecule has 178 valence electrons. The highest BCUT2D eigenvalue weighted by Crippen LogP contribution is 2.30. The van der Waals surface area contributed by atoms with Crippen LogP contribution in [0.5, 0.6) is 0 Å². The fourth-order valence-corrected chi connectivity index (χ4v) is 4.95. The van der Waals surface area contributed by atoms with E-state index in [4.69, 9.17) is 10.5 Å². The first-order chi connectivity index (χ1) is 16.3. The zero-order valence-corrected chi connectivity index (χ0v) is 20.4. The van der Waals surface area contributed by atoms with Crippen LogP contribution in [0.15, 0.2) is 72.3 Å². The number of fused-ring (bicyclic) bond motifs is 1. The summed E-state index contributed by atoms with van der Waals surface area (Å²) < 4.78 is 6.63. The van der Waals surface area contributed by atoms with Gasteiger partial charge in [0.05, 0.1) is 24.7 Å². The van der Waals surface area contributed by atoms with Crippen LogP contribution in [0.1, 0.15) is 25.0 Å². The summed E-state index contributed by atoms with van der Waals surface area (Å²) in [6.07, 6.45) is 1.03. The Morgan fingerprint density at radius 3 is 2.44 bits per heavy atom. The van der Waals surface area contributed by atoms with Crippen molar-refractivity contribution >= 4 is 33.1 Å². The van der Waals surface area contributed by atoms with Crippen LogP contribution in [-0.4, -0.2) is 42.0 Å². The number of ether oxygens (including phenoxy) is 1. The van der Waals surface area contributed by atoms with Crippen LogP contribution in [0, 0.1) is 0 Å². The number of Topliss-reactive ketones (excluding diaryl/α,β-unsaturated/α-hetero) is 1. The van der Waals surface area contributed by atoms with E-state index >= 15 is 0 Å². The standard InChI is InChI=1S/C27H31N3O3S/c1-17(28)26(32)30-22(14-20-15-34-24-12-8-7-11-21(20)24)18(2)29-23(25(31)27(3)16-33-27)13-19-9-5-4-6-10-19/h4-12,15,17,22-23,29H,2,13-14,16,28H2,1,3H3,(H,30,32)/t17?,22-,23?,27?/m0/s1. The number of benzene rings is 2. The lowest BCUT2D eigenvalue weighted by molar-refractivity contribution is -0.125. The summed E-state index contributed by atoms with van der Waals surface area (Å²) >= 11 is 1.67. The van der Waals surface area contributed by atoms with Gasteiger partial charge < -0.3 is 21.1 Å². The van der Waals surface area contributed by atoms with Gasteiger partial charge in [0.2, 0.25) is 5.91 Å². The Morgan fingerprint density at radius 1 is 1.09 bits per heavy atom. The smallest absolute Gasteiger partial charge is 0.237 e. The summed E-state index contributed by atoms with van der Waals surface area (Å²) in [6.45, 7) is 8.11. The minimum Gasteiger partial charge on any atom is -0.377 e. The first-order valence-electron chi connectivity index (χ1n) is 11.5. The van der Waals surface area contributed by atoms with Gasteiger partial charge in [-0.3, -0.25) is 9.59 Å². The van der Waals surface area contributed by atoms with Gasteiger partial charge >= 0.3 is 0 Å². The molecule has 1 aliphatic heterocycles. The summed E-state index contributed by atoms with van der Waals surface area (Å²) in [6, 6.07) is 16.4. The van der Waals surface area contributed by atoms with Crippen LogP contribution in [0.25, 0.3) is 10.1 Å². The van der Waals surface area contributed by atoms with Crippen LogP contribution in [0.3, 0.4) is 0 Å². The van der Waals surface area contributed by atoms with E-state index in [9.17, 15) is 9.59 Å². The van der Waals surface area contributed by atoms with E-state index in [-0.39, 0.29) is 11.7 Å². The monoisotopic (exact) mass is 477 g/mol. The summed E-state index contributed by atoms with van der Waals surface area (Å²) in [4.78, 5) is 25.8. The number of hydrogen-bond acceptors (Lipinski definition) is 6. The van der Waals surface area contributed by atoms with Crippen molar-refractivity contribution in [2.75, 3.05) is 6.61 Å². The summed E-state index contributed by atoms with van der Waals surface area (Å²) in [5.74, 6) is -0.285. The van der Waals surface area contributed by atoms with Gasteiger partial charge in [-0.2, -0.15) is 0 Å². The van der Waals surface area contributed by atoms with E-state index < -0.39 is 23.7 Å². The van der Waals surface area contributed by atoms with E-state index in [1.54, 1.807) is 18.3 Å². The number of nitrogens with two attached hydrogens (primary N) is 1. The van der Waals surface area contributed by atoms with Gasteiger partial charge in [-0.05, 0) is 54.6 Å². The minimum atomic E-state index is -0.777. The number of carbonyl (C=O) groups excluding carboxylic acids is 2. The molecule has 1 aromatic heterocycles. The van der Waals surface area contributed by atoms with Gasteiger partial charge in [0.25, 0.3) is 0 Å². The molecule has 0 radical (unpaired) electrons. The van der Waals surface area contributed by atoms with Crippen molar-refractivity contribution in [1.29, 1.82) is 0 Å². The molecule has 2 aromatic carbocycles. The Balaban J connectivity index is 1.57. The van der Waals surface area contributed by atoms with Crippen LogP contribution < -0.4 is 16.4 Å². The second-order valence-corrected chi connectivity index (χ2v) is 10.0. The number of thiophene rings is 1. The molecule has 3 aromatic rings. The first kappa shape index (κ1) is 24.1. The molecule has 0 saturated carbocycles.